The van der Waals surface area contributed by atoms with Gasteiger partial charge in [-0.05, 0) is 25.6 Å². The Morgan fingerprint density at radius 3 is 2.76 bits per heavy atom. The van der Waals surface area contributed by atoms with Gasteiger partial charge in [0.2, 0.25) is 0 Å². The Balaban J connectivity index is 2.82. The number of nitrogens with two attached hydrogens (primary N) is 1. The van der Waals surface area contributed by atoms with E-state index in [0.717, 1.165) is 0 Å². The number of nitro groups is 1. The number of hydrogen-bond acceptors (Lipinski definition) is 5. The van der Waals surface area contributed by atoms with Crippen molar-refractivity contribution in [1.82, 2.24) is 4.90 Å². The summed E-state index contributed by atoms with van der Waals surface area (Å²) in [6.45, 7) is 2.65. The van der Waals surface area contributed by atoms with Crippen LogP contribution in [-0.2, 0) is 6.54 Å². The summed E-state index contributed by atoms with van der Waals surface area (Å²) >= 11 is 0. The van der Waals surface area contributed by atoms with Gasteiger partial charge in [0.1, 0.15) is 0 Å². The topological polar surface area (TPSA) is 92.6 Å². The average Bonchev–Trinajstić information content (AvgIpc) is 2.19. The van der Waals surface area contributed by atoms with Crippen molar-refractivity contribution in [2.24, 2.45) is 0 Å². The minimum atomic E-state index is -0.447. The highest BCUT2D eigenvalue weighted by Gasteiger charge is 2.11. The van der Waals surface area contributed by atoms with Crippen LogP contribution in [0.25, 0.3) is 0 Å². The first kappa shape index (κ1) is 13.4. The van der Waals surface area contributed by atoms with Crippen molar-refractivity contribution in [3.05, 3.63) is 33.9 Å². The van der Waals surface area contributed by atoms with Gasteiger partial charge in [0.05, 0.1) is 11.0 Å². The van der Waals surface area contributed by atoms with E-state index in [9.17, 15) is 15.2 Å². The molecule has 6 nitrogen and oxygen atoms in total. The molecule has 1 unspecified atom stereocenters. The molecule has 1 atom stereocenters. The predicted octanol–water partition coefficient (Wildman–Crippen LogP) is 0.990. The van der Waals surface area contributed by atoms with Gasteiger partial charge in [0, 0.05) is 30.9 Å². The van der Waals surface area contributed by atoms with Crippen LogP contribution in [0.1, 0.15) is 12.5 Å². The van der Waals surface area contributed by atoms with Gasteiger partial charge in [-0.3, -0.25) is 15.0 Å². The van der Waals surface area contributed by atoms with Crippen LogP contribution in [0.15, 0.2) is 18.2 Å². The normalized spacial score (nSPS) is 12.7. The molecule has 1 aromatic carbocycles. The Labute approximate surface area is 99.8 Å². The second-order valence-electron chi connectivity index (χ2n) is 4.19. The quantitative estimate of drug-likeness (QED) is 0.454. The SMILES string of the molecule is CC(O)CN(C)Cc1cc([N+](=O)[O-])ccc1N. The molecule has 0 aliphatic rings. The molecule has 17 heavy (non-hydrogen) atoms. The zero-order chi connectivity index (χ0) is 13.0. The van der Waals surface area contributed by atoms with Gasteiger partial charge < -0.3 is 10.8 Å². The summed E-state index contributed by atoms with van der Waals surface area (Å²) < 4.78 is 0. The maximum Gasteiger partial charge on any atom is 0.269 e. The first-order valence-corrected chi connectivity index (χ1v) is 5.29. The fourth-order valence-corrected chi connectivity index (χ4v) is 1.65. The van der Waals surface area contributed by atoms with Crippen LogP contribution in [-0.4, -0.2) is 34.6 Å². The van der Waals surface area contributed by atoms with E-state index in [0.29, 0.717) is 24.3 Å². The number of non-ortho nitro benzene ring substituents is 1. The lowest BCUT2D eigenvalue weighted by molar-refractivity contribution is -0.384. The van der Waals surface area contributed by atoms with Crippen LogP contribution in [0.5, 0.6) is 0 Å². The number of rotatable bonds is 5. The van der Waals surface area contributed by atoms with Crippen molar-refractivity contribution in [2.45, 2.75) is 19.6 Å². The smallest absolute Gasteiger partial charge is 0.269 e. The van der Waals surface area contributed by atoms with E-state index in [1.807, 2.05) is 11.9 Å². The number of nitrogen functional groups attached to an aromatic ring is 1. The number of nitro benzene ring substituents is 1. The van der Waals surface area contributed by atoms with E-state index in [2.05, 4.69) is 0 Å². The summed E-state index contributed by atoms with van der Waals surface area (Å²) in [5.41, 5.74) is 7.00. The second kappa shape index (κ2) is 5.60. The van der Waals surface area contributed by atoms with E-state index in [1.54, 1.807) is 6.92 Å². The van der Waals surface area contributed by atoms with Crippen molar-refractivity contribution in [2.75, 3.05) is 19.3 Å². The maximum absolute atomic E-state index is 10.6. The molecule has 6 heteroatoms. The molecule has 0 spiro atoms. The molecule has 3 N–H and O–H groups in total. The Morgan fingerprint density at radius 2 is 2.24 bits per heavy atom. The Bertz CT molecular complexity index is 407. The first-order chi connectivity index (χ1) is 7.90. The lowest BCUT2D eigenvalue weighted by atomic mass is 10.1. The zero-order valence-electron chi connectivity index (χ0n) is 9.96. The number of anilines is 1. The van der Waals surface area contributed by atoms with Crippen molar-refractivity contribution in [1.29, 1.82) is 0 Å². The molecule has 0 amide bonds. The van der Waals surface area contributed by atoms with Crippen LogP contribution in [0.3, 0.4) is 0 Å². The molecule has 0 fully saturated rings. The number of hydrogen-bond donors (Lipinski definition) is 2. The summed E-state index contributed by atoms with van der Waals surface area (Å²) in [7, 11) is 1.82. The van der Waals surface area contributed by atoms with Crippen molar-refractivity contribution in [3.63, 3.8) is 0 Å². The second-order valence-corrected chi connectivity index (χ2v) is 4.19. The third-order valence-electron chi connectivity index (χ3n) is 2.35. The molecule has 0 heterocycles. The third kappa shape index (κ3) is 4.01. The van der Waals surface area contributed by atoms with Gasteiger partial charge in [-0.25, -0.2) is 0 Å². The molecule has 0 aromatic heterocycles. The number of nitrogens with zero attached hydrogens (tertiary/aromatic N) is 2. The van der Waals surface area contributed by atoms with Crippen LogP contribution >= 0.6 is 0 Å². The predicted molar refractivity (Wildman–Crippen MR) is 65.5 cm³/mol. The minimum absolute atomic E-state index is 0.0275. The number of likely N-dealkylation sites (N-methyl/N-ethyl adjacent to an activating group) is 1. The first-order valence-electron chi connectivity index (χ1n) is 5.29. The van der Waals surface area contributed by atoms with Gasteiger partial charge in [0.15, 0.2) is 0 Å². The van der Waals surface area contributed by atoms with Gasteiger partial charge >= 0.3 is 0 Å². The van der Waals surface area contributed by atoms with Gasteiger partial charge in [-0.2, -0.15) is 0 Å². The van der Waals surface area contributed by atoms with Crippen LogP contribution in [0.4, 0.5) is 11.4 Å². The lowest BCUT2D eigenvalue weighted by Gasteiger charge is -2.19. The Hall–Kier alpha value is -1.66. The summed E-state index contributed by atoms with van der Waals surface area (Å²) in [6.07, 6.45) is -0.445. The lowest BCUT2D eigenvalue weighted by Crippen LogP contribution is -2.27. The summed E-state index contributed by atoms with van der Waals surface area (Å²) in [5.74, 6) is 0. The Morgan fingerprint density at radius 1 is 1.59 bits per heavy atom. The fourth-order valence-electron chi connectivity index (χ4n) is 1.65. The van der Waals surface area contributed by atoms with Gasteiger partial charge in [-0.1, -0.05) is 0 Å². The third-order valence-corrected chi connectivity index (χ3v) is 2.35. The molecule has 1 rings (SSSR count). The standard InChI is InChI=1S/C11H17N3O3/c1-8(15)6-13(2)7-9-5-10(14(16)17)3-4-11(9)12/h3-5,8,15H,6-7,12H2,1-2H3. The van der Waals surface area contributed by atoms with Crippen LogP contribution in [0.2, 0.25) is 0 Å². The summed E-state index contributed by atoms with van der Waals surface area (Å²) in [6, 6.07) is 4.38. The van der Waals surface area contributed by atoms with Crippen molar-refractivity contribution < 1.29 is 10.0 Å². The molecule has 94 valence electrons. The van der Waals surface area contributed by atoms with Gasteiger partial charge in [-0.15, -0.1) is 0 Å². The highest BCUT2D eigenvalue weighted by Crippen LogP contribution is 2.20. The number of aliphatic hydroxyl groups is 1. The molecule has 0 bridgehead atoms. The van der Waals surface area contributed by atoms with Gasteiger partial charge in [0.25, 0.3) is 5.69 Å². The molecule has 1 aromatic rings. The van der Waals surface area contributed by atoms with E-state index in [4.69, 9.17) is 5.73 Å². The van der Waals surface area contributed by atoms with Crippen LogP contribution in [0, 0.1) is 10.1 Å². The zero-order valence-corrected chi connectivity index (χ0v) is 9.96. The molecule has 0 saturated carbocycles. The molecule has 0 aliphatic heterocycles. The average molecular weight is 239 g/mol. The fraction of sp³-hybridized carbons (Fsp3) is 0.455. The monoisotopic (exact) mass is 239 g/mol. The molecule has 0 aliphatic carbocycles. The molecular formula is C11H17N3O3. The minimum Gasteiger partial charge on any atom is -0.398 e. The maximum atomic E-state index is 10.6. The molecule has 0 saturated heterocycles. The largest absolute Gasteiger partial charge is 0.398 e. The molecule has 0 radical (unpaired) electrons. The number of aliphatic hydroxyl groups excluding tert-OH is 1. The van der Waals surface area contributed by atoms with Crippen LogP contribution < -0.4 is 5.73 Å². The number of benzene rings is 1. The van der Waals surface area contributed by atoms with Crippen molar-refractivity contribution in [3.8, 4) is 0 Å². The Kier molecular flexibility index (Phi) is 4.42. The summed E-state index contributed by atoms with van der Waals surface area (Å²) in [5, 5.41) is 19.9. The molecular weight excluding hydrogens is 222 g/mol. The highest BCUT2D eigenvalue weighted by atomic mass is 16.6. The van der Waals surface area contributed by atoms with E-state index < -0.39 is 11.0 Å². The van der Waals surface area contributed by atoms with E-state index in [1.165, 1.54) is 18.2 Å². The van der Waals surface area contributed by atoms with E-state index in [-0.39, 0.29) is 5.69 Å². The highest BCUT2D eigenvalue weighted by molar-refractivity contribution is 5.52. The van der Waals surface area contributed by atoms with E-state index >= 15 is 0 Å². The van der Waals surface area contributed by atoms with Crippen molar-refractivity contribution >= 4 is 11.4 Å². The summed E-state index contributed by atoms with van der Waals surface area (Å²) in [4.78, 5) is 12.1.